The highest BCUT2D eigenvalue weighted by molar-refractivity contribution is 5.96. The average Bonchev–Trinajstić information content (AvgIpc) is 2.37. The Hall–Kier alpha value is -2.30. The lowest BCUT2D eigenvalue weighted by Gasteiger charge is -2.04. The molecule has 0 unspecified atom stereocenters. The van der Waals surface area contributed by atoms with Crippen LogP contribution in [0.25, 0.3) is 11.0 Å². The minimum atomic E-state index is -0.640. The van der Waals surface area contributed by atoms with Crippen molar-refractivity contribution in [2.24, 2.45) is 0 Å². The molecule has 0 aliphatic carbocycles. The number of nitrogens with one attached hydrogen (secondary N) is 1. The SMILES string of the molecule is CCNC(=O)c1cc2cc(OC)ccc2oc1=O. The Morgan fingerprint density at radius 3 is 2.83 bits per heavy atom. The smallest absolute Gasteiger partial charge is 0.349 e. The van der Waals surface area contributed by atoms with E-state index in [9.17, 15) is 9.59 Å². The molecule has 2 aromatic rings. The quantitative estimate of drug-likeness (QED) is 0.835. The van der Waals surface area contributed by atoms with Crippen LogP contribution in [0.3, 0.4) is 0 Å². The average molecular weight is 247 g/mol. The molecule has 5 heteroatoms. The van der Waals surface area contributed by atoms with Crippen molar-refractivity contribution in [1.29, 1.82) is 0 Å². The first-order valence-corrected chi connectivity index (χ1v) is 5.55. The second kappa shape index (κ2) is 4.91. The lowest BCUT2D eigenvalue weighted by Crippen LogP contribution is -2.27. The predicted molar refractivity (Wildman–Crippen MR) is 67.0 cm³/mol. The maximum Gasteiger partial charge on any atom is 0.349 e. The summed E-state index contributed by atoms with van der Waals surface area (Å²) in [6.07, 6.45) is 0. The van der Waals surface area contributed by atoms with Gasteiger partial charge >= 0.3 is 5.63 Å². The Morgan fingerprint density at radius 2 is 2.17 bits per heavy atom. The summed E-state index contributed by atoms with van der Waals surface area (Å²) in [5.41, 5.74) is -0.218. The van der Waals surface area contributed by atoms with Gasteiger partial charge in [-0.3, -0.25) is 4.79 Å². The number of benzene rings is 1. The van der Waals surface area contributed by atoms with E-state index < -0.39 is 11.5 Å². The van der Waals surface area contributed by atoms with E-state index in [1.54, 1.807) is 32.2 Å². The number of ether oxygens (including phenoxy) is 1. The molecule has 0 saturated heterocycles. The van der Waals surface area contributed by atoms with Crippen LogP contribution in [-0.2, 0) is 0 Å². The van der Waals surface area contributed by atoms with Gasteiger partial charge in [0.15, 0.2) is 0 Å². The lowest BCUT2D eigenvalue weighted by molar-refractivity contribution is 0.0952. The highest BCUT2D eigenvalue weighted by atomic mass is 16.5. The summed E-state index contributed by atoms with van der Waals surface area (Å²) in [5, 5.41) is 3.21. The van der Waals surface area contributed by atoms with Gasteiger partial charge in [0.1, 0.15) is 16.9 Å². The van der Waals surface area contributed by atoms with E-state index in [-0.39, 0.29) is 5.56 Å². The van der Waals surface area contributed by atoms with Crippen molar-refractivity contribution in [3.05, 3.63) is 40.2 Å². The van der Waals surface area contributed by atoms with Gasteiger partial charge in [-0.15, -0.1) is 0 Å². The van der Waals surface area contributed by atoms with Crippen LogP contribution in [-0.4, -0.2) is 19.6 Å². The molecule has 94 valence electrons. The Bertz CT molecular complexity index is 645. The van der Waals surface area contributed by atoms with Crippen molar-refractivity contribution in [3.8, 4) is 5.75 Å². The molecule has 0 spiro atoms. The first-order chi connectivity index (χ1) is 8.65. The highest BCUT2D eigenvalue weighted by Gasteiger charge is 2.12. The third-order valence-electron chi connectivity index (χ3n) is 2.52. The lowest BCUT2D eigenvalue weighted by atomic mass is 10.1. The van der Waals surface area contributed by atoms with E-state index in [0.29, 0.717) is 23.3 Å². The largest absolute Gasteiger partial charge is 0.497 e. The molecule has 0 aliphatic heterocycles. The Kier molecular flexibility index (Phi) is 3.32. The normalized spacial score (nSPS) is 10.3. The Morgan fingerprint density at radius 1 is 1.39 bits per heavy atom. The zero-order chi connectivity index (χ0) is 13.1. The fraction of sp³-hybridized carbons (Fsp3) is 0.231. The van der Waals surface area contributed by atoms with Crippen LogP contribution in [0.1, 0.15) is 17.3 Å². The topological polar surface area (TPSA) is 68.5 Å². The number of methoxy groups -OCH3 is 1. The van der Waals surface area contributed by atoms with Gasteiger partial charge in [-0.25, -0.2) is 4.79 Å². The van der Waals surface area contributed by atoms with E-state index in [0.717, 1.165) is 0 Å². The fourth-order valence-corrected chi connectivity index (χ4v) is 1.64. The van der Waals surface area contributed by atoms with Crippen molar-refractivity contribution < 1.29 is 13.9 Å². The molecule has 0 atom stereocenters. The van der Waals surface area contributed by atoms with Gasteiger partial charge in [0, 0.05) is 11.9 Å². The van der Waals surface area contributed by atoms with Gasteiger partial charge < -0.3 is 14.5 Å². The molecule has 0 saturated carbocycles. The number of hydrogen-bond acceptors (Lipinski definition) is 4. The molecular weight excluding hydrogens is 234 g/mol. The van der Waals surface area contributed by atoms with Crippen molar-refractivity contribution in [3.63, 3.8) is 0 Å². The molecule has 0 bridgehead atoms. The fourth-order valence-electron chi connectivity index (χ4n) is 1.64. The first-order valence-electron chi connectivity index (χ1n) is 5.55. The van der Waals surface area contributed by atoms with E-state index >= 15 is 0 Å². The molecule has 5 nitrogen and oxygen atoms in total. The molecule has 18 heavy (non-hydrogen) atoms. The maximum absolute atomic E-state index is 11.7. The van der Waals surface area contributed by atoms with Crippen molar-refractivity contribution >= 4 is 16.9 Å². The standard InChI is InChI=1S/C13H13NO4/c1-3-14-12(15)10-7-8-6-9(17-2)4-5-11(8)18-13(10)16/h4-7H,3H2,1-2H3,(H,14,15). The van der Waals surface area contributed by atoms with Crippen LogP contribution in [0.2, 0.25) is 0 Å². The molecule has 1 N–H and O–H groups in total. The van der Waals surface area contributed by atoms with Gasteiger partial charge in [-0.2, -0.15) is 0 Å². The number of fused-ring (bicyclic) bond motifs is 1. The summed E-state index contributed by atoms with van der Waals surface area (Å²) in [5.74, 6) is 0.203. The number of hydrogen-bond donors (Lipinski definition) is 1. The highest BCUT2D eigenvalue weighted by Crippen LogP contribution is 2.20. The summed E-state index contributed by atoms with van der Waals surface area (Å²) in [6, 6.07) is 6.55. The van der Waals surface area contributed by atoms with E-state index in [2.05, 4.69) is 5.32 Å². The maximum atomic E-state index is 11.7. The summed E-state index contributed by atoms with van der Waals surface area (Å²) in [4.78, 5) is 23.3. The minimum Gasteiger partial charge on any atom is -0.497 e. The van der Waals surface area contributed by atoms with Gasteiger partial charge in [-0.1, -0.05) is 0 Å². The molecule has 0 aliphatic rings. The van der Waals surface area contributed by atoms with Crippen molar-refractivity contribution in [1.82, 2.24) is 5.32 Å². The number of rotatable bonds is 3. The molecule has 0 fully saturated rings. The number of amides is 1. The first kappa shape index (κ1) is 12.2. The second-order valence-electron chi connectivity index (χ2n) is 3.71. The van der Waals surface area contributed by atoms with Crippen LogP contribution in [0.15, 0.2) is 33.5 Å². The van der Waals surface area contributed by atoms with Gasteiger partial charge in [0.25, 0.3) is 5.91 Å². The Balaban J connectivity index is 2.58. The summed E-state index contributed by atoms with van der Waals surface area (Å²) >= 11 is 0. The number of carbonyl (C=O) groups excluding carboxylic acids is 1. The van der Waals surface area contributed by atoms with Crippen LogP contribution >= 0.6 is 0 Å². The molecule has 1 amide bonds. The van der Waals surface area contributed by atoms with E-state index in [1.165, 1.54) is 6.07 Å². The van der Waals surface area contributed by atoms with E-state index in [4.69, 9.17) is 9.15 Å². The van der Waals surface area contributed by atoms with Gasteiger partial charge in [-0.05, 0) is 31.2 Å². The molecular formula is C13H13NO4. The molecule has 1 aromatic carbocycles. The van der Waals surface area contributed by atoms with Gasteiger partial charge in [0.2, 0.25) is 0 Å². The molecule has 1 heterocycles. The zero-order valence-corrected chi connectivity index (χ0v) is 10.1. The summed E-state index contributed by atoms with van der Waals surface area (Å²) < 4.78 is 10.2. The van der Waals surface area contributed by atoms with Crippen LogP contribution in [0, 0.1) is 0 Å². The molecule has 0 radical (unpaired) electrons. The van der Waals surface area contributed by atoms with Gasteiger partial charge in [0.05, 0.1) is 7.11 Å². The van der Waals surface area contributed by atoms with Crippen molar-refractivity contribution in [2.75, 3.05) is 13.7 Å². The third-order valence-corrected chi connectivity index (χ3v) is 2.52. The van der Waals surface area contributed by atoms with Crippen LogP contribution in [0.4, 0.5) is 0 Å². The van der Waals surface area contributed by atoms with Crippen LogP contribution in [0.5, 0.6) is 5.75 Å². The zero-order valence-electron chi connectivity index (χ0n) is 10.1. The van der Waals surface area contributed by atoms with Crippen molar-refractivity contribution in [2.45, 2.75) is 6.92 Å². The molecule has 1 aromatic heterocycles. The number of carbonyl (C=O) groups is 1. The molecule has 2 rings (SSSR count). The van der Waals surface area contributed by atoms with Crippen LogP contribution < -0.4 is 15.7 Å². The summed E-state index contributed by atoms with van der Waals surface area (Å²) in [7, 11) is 1.55. The second-order valence-corrected chi connectivity index (χ2v) is 3.71. The monoisotopic (exact) mass is 247 g/mol. The Labute approximate surface area is 103 Å². The summed E-state index contributed by atoms with van der Waals surface area (Å²) in [6.45, 7) is 2.23. The minimum absolute atomic E-state index is 0.00222. The predicted octanol–water partition coefficient (Wildman–Crippen LogP) is 1.55. The third kappa shape index (κ3) is 2.20. The van der Waals surface area contributed by atoms with E-state index in [1.807, 2.05) is 0 Å².